The Morgan fingerprint density at radius 2 is 1.90 bits per heavy atom. The van der Waals surface area contributed by atoms with Crippen molar-refractivity contribution in [2.45, 2.75) is 45.2 Å². The van der Waals surface area contributed by atoms with E-state index in [1.807, 2.05) is 41.2 Å². The van der Waals surface area contributed by atoms with Gasteiger partial charge in [-0.05, 0) is 49.4 Å². The summed E-state index contributed by atoms with van der Waals surface area (Å²) in [5, 5.41) is 7.99. The quantitative estimate of drug-likeness (QED) is 0.553. The number of fused-ring (bicyclic) bond motifs is 1. The largest absolute Gasteiger partial charge is 0.497 e. The second-order valence-corrected chi connectivity index (χ2v) is 7.88. The summed E-state index contributed by atoms with van der Waals surface area (Å²) in [6, 6.07) is 18.1. The predicted molar refractivity (Wildman–Crippen MR) is 123 cm³/mol. The second-order valence-electron chi connectivity index (χ2n) is 7.88. The number of ether oxygens (including phenoxy) is 1. The van der Waals surface area contributed by atoms with Crippen LogP contribution in [0.3, 0.4) is 0 Å². The molecule has 6 nitrogen and oxygen atoms in total. The number of amidine groups is 1. The molecule has 1 N–H and O–H groups in total. The number of aromatic nitrogens is 2. The maximum absolute atomic E-state index is 12.5. The van der Waals surface area contributed by atoms with Crippen LogP contribution in [0.5, 0.6) is 5.75 Å². The molecule has 4 rings (SSSR count). The zero-order chi connectivity index (χ0) is 21.6. The van der Waals surface area contributed by atoms with Crippen molar-refractivity contribution in [3.63, 3.8) is 0 Å². The highest BCUT2D eigenvalue weighted by molar-refractivity contribution is 5.98. The van der Waals surface area contributed by atoms with Gasteiger partial charge in [-0.1, -0.05) is 42.5 Å². The van der Waals surface area contributed by atoms with Gasteiger partial charge in [0, 0.05) is 12.0 Å². The fourth-order valence-electron chi connectivity index (χ4n) is 3.92. The summed E-state index contributed by atoms with van der Waals surface area (Å²) in [6.07, 6.45) is 5.14. The van der Waals surface area contributed by atoms with E-state index in [4.69, 9.17) is 4.74 Å². The number of ketones is 1. The molecular formula is C25H28N4O2. The van der Waals surface area contributed by atoms with Crippen LogP contribution in [0.25, 0.3) is 0 Å². The normalized spacial score (nSPS) is 13.7. The molecule has 6 heteroatoms. The molecule has 1 atom stereocenters. The fraction of sp³-hybridized carbons (Fsp3) is 0.320. The van der Waals surface area contributed by atoms with Crippen LogP contribution < -0.4 is 10.1 Å². The number of benzene rings is 2. The third kappa shape index (κ3) is 5.02. The first-order valence-electron chi connectivity index (χ1n) is 10.7. The average Bonchev–Trinajstić information content (AvgIpc) is 3.20. The number of hydrogen-bond acceptors (Lipinski definition) is 5. The van der Waals surface area contributed by atoms with Gasteiger partial charge in [-0.25, -0.2) is 4.68 Å². The minimum Gasteiger partial charge on any atom is -0.497 e. The standard InChI is InChI=1S/C25H28N4O2/c1-18(30)23(10-6-9-19-7-4-3-5-8-19)29-25-21(17-27-29)16-26-24(28-25)15-20-11-13-22(31-2)14-12-20/h3-5,7-8,11-14,17,23H,6,9-10,15-16H2,1-2H3,(H,26,28). The number of aryl methyl sites for hydroxylation is 1. The van der Waals surface area contributed by atoms with Crippen molar-refractivity contribution in [2.75, 3.05) is 12.4 Å². The highest BCUT2D eigenvalue weighted by atomic mass is 16.5. The molecular weight excluding hydrogens is 388 g/mol. The molecule has 1 unspecified atom stereocenters. The molecule has 0 fully saturated rings. The summed E-state index contributed by atoms with van der Waals surface area (Å²) >= 11 is 0. The Bertz CT molecular complexity index is 1050. The molecule has 3 aromatic rings. The lowest BCUT2D eigenvalue weighted by molar-refractivity contribution is -0.120. The molecule has 31 heavy (non-hydrogen) atoms. The van der Waals surface area contributed by atoms with E-state index in [0.29, 0.717) is 13.0 Å². The Labute approximate surface area is 183 Å². The SMILES string of the molecule is COc1ccc(CC2=NCc3cnn(C(CCCc4ccccc4)C(C)=O)c3N2)cc1. The molecule has 1 aromatic heterocycles. The highest BCUT2D eigenvalue weighted by Gasteiger charge is 2.25. The van der Waals surface area contributed by atoms with Gasteiger partial charge in [0.25, 0.3) is 0 Å². The minimum absolute atomic E-state index is 0.125. The summed E-state index contributed by atoms with van der Waals surface area (Å²) in [5.41, 5.74) is 3.46. The molecule has 0 saturated heterocycles. The predicted octanol–water partition coefficient (Wildman–Crippen LogP) is 4.61. The number of methoxy groups -OCH3 is 1. The van der Waals surface area contributed by atoms with E-state index >= 15 is 0 Å². The average molecular weight is 417 g/mol. The van der Waals surface area contributed by atoms with Gasteiger partial charge in [-0.2, -0.15) is 5.10 Å². The van der Waals surface area contributed by atoms with Crippen LogP contribution in [-0.4, -0.2) is 28.5 Å². The van der Waals surface area contributed by atoms with Crippen molar-refractivity contribution < 1.29 is 9.53 Å². The van der Waals surface area contributed by atoms with E-state index < -0.39 is 0 Å². The lowest BCUT2D eigenvalue weighted by atomic mass is 10.0. The molecule has 0 bridgehead atoms. The first kappa shape index (κ1) is 20.8. The molecule has 0 radical (unpaired) electrons. The molecule has 0 spiro atoms. The van der Waals surface area contributed by atoms with E-state index in [-0.39, 0.29) is 11.8 Å². The maximum atomic E-state index is 12.5. The highest BCUT2D eigenvalue weighted by Crippen LogP contribution is 2.28. The van der Waals surface area contributed by atoms with Crippen LogP contribution in [0.15, 0.2) is 65.8 Å². The summed E-state index contributed by atoms with van der Waals surface area (Å²) in [4.78, 5) is 17.1. The molecule has 2 heterocycles. The Morgan fingerprint density at radius 1 is 1.13 bits per heavy atom. The fourth-order valence-corrected chi connectivity index (χ4v) is 3.92. The van der Waals surface area contributed by atoms with Gasteiger partial charge in [0.15, 0.2) is 5.78 Å². The van der Waals surface area contributed by atoms with E-state index in [1.54, 1.807) is 14.0 Å². The third-order valence-corrected chi connectivity index (χ3v) is 5.66. The van der Waals surface area contributed by atoms with Gasteiger partial charge in [0.05, 0.1) is 19.9 Å². The van der Waals surface area contributed by atoms with Crippen LogP contribution in [0, 0.1) is 0 Å². The zero-order valence-electron chi connectivity index (χ0n) is 18.0. The summed E-state index contributed by atoms with van der Waals surface area (Å²) in [5.74, 6) is 2.73. The summed E-state index contributed by atoms with van der Waals surface area (Å²) in [7, 11) is 1.66. The first-order chi connectivity index (χ1) is 15.1. The smallest absolute Gasteiger partial charge is 0.154 e. The third-order valence-electron chi connectivity index (χ3n) is 5.66. The van der Waals surface area contributed by atoms with Crippen LogP contribution in [0.1, 0.15) is 42.5 Å². The molecule has 160 valence electrons. The van der Waals surface area contributed by atoms with Crippen molar-refractivity contribution in [1.82, 2.24) is 9.78 Å². The molecule has 1 aliphatic heterocycles. The number of hydrogen-bond donors (Lipinski definition) is 1. The number of Topliss-reactive ketones (excluding diaryl/α,β-unsaturated/α-hetero) is 1. The van der Waals surface area contributed by atoms with Gasteiger partial charge in [0.1, 0.15) is 23.4 Å². The summed E-state index contributed by atoms with van der Waals surface area (Å²) < 4.78 is 7.08. The molecule has 0 saturated carbocycles. The summed E-state index contributed by atoms with van der Waals surface area (Å²) in [6.45, 7) is 2.22. The van der Waals surface area contributed by atoms with Crippen molar-refractivity contribution in [1.29, 1.82) is 0 Å². The van der Waals surface area contributed by atoms with E-state index in [1.165, 1.54) is 5.56 Å². The van der Waals surface area contributed by atoms with Crippen LogP contribution in [0.4, 0.5) is 5.82 Å². The van der Waals surface area contributed by atoms with Crippen molar-refractivity contribution in [3.8, 4) is 5.75 Å². The topological polar surface area (TPSA) is 68.5 Å². The Hall–Kier alpha value is -3.41. The number of nitrogens with one attached hydrogen (secondary N) is 1. The van der Waals surface area contributed by atoms with E-state index in [0.717, 1.165) is 47.8 Å². The number of anilines is 1. The van der Waals surface area contributed by atoms with Crippen molar-refractivity contribution >= 4 is 17.4 Å². The number of nitrogens with zero attached hydrogens (tertiary/aromatic N) is 3. The Balaban J connectivity index is 1.44. The molecule has 0 amide bonds. The van der Waals surface area contributed by atoms with Crippen molar-refractivity contribution in [2.24, 2.45) is 4.99 Å². The monoisotopic (exact) mass is 416 g/mol. The molecule has 0 aliphatic carbocycles. The van der Waals surface area contributed by atoms with Gasteiger partial charge in [0.2, 0.25) is 0 Å². The van der Waals surface area contributed by atoms with E-state index in [2.05, 4.69) is 39.7 Å². The number of carbonyl (C=O) groups excluding carboxylic acids is 1. The second kappa shape index (κ2) is 9.60. The Kier molecular flexibility index (Phi) is 6.46. The van der Waals surface area contributed by atoms with E-state index in [9.17, 15) is 4.79 Å². The number of carbonyl (C=O) groups is 1. The van der Waals surface area contributed by atoms with Gasteiger partial charge in [-0.15, -0.1) is 0 Å². The lowest BCUT2D eigenvalue weighted by Gasteiger charge is -2.22. The maximum Gasteiger partial charge on any atom is 0.154 e. The number of rotatable bonds is 9. The van der Waals surface area contributed by atoms with Crippen LogP contribution >= 0.6 is 0 Å². The minimum atomic E-state index is -0.278. The van der Waals surface area contributed by atoms with Crippen molar-refractivity contribution in [3.05, 3.63) is 77.5 Å². The molecule has 2 aromatic carbocycles. The van der Waals surface area contributed by atoms with Gasteiger partial charge in [-0.3, -0.25) is 9.79 Å². The number of aliphatic imine (C=N–C) groups is 1. The first-order valence-corrected chi connectivity index (χ1v) is 10.7. The zero-order valence-corrected chi connectivity index (χ0v) is 18.0. The van der Waals surface area contributed by atoms with Gasteiger partial charge >= 0.3 is 0 Å². The molecule has 1 aliphatic rings. The van der Waals surface area contributed by atoms with Crippen LogP contribution in [0.2, 0.25) is 0 Å². The lowest BCUT2D eigenvalue weighted by Crippen LogP contribution is -2.26. The Morgan fingerprint density at radius 3 is 2.61 bits per heavy atom. The van der Waals surface area contributed by atoms with Crippen LogP contribution in [-0.2, 0) is 24.2 Å². The van der Waals surface area contributed by atoms with Gasteiger partial charge < -0.3 is 10.1 Å².